The molecule has 0 atom stereocenters. The number of benzene rings is 4. The summed E-state index contributed by atoms with van der Waals surface area (Å²) in [6.07, 6.45) is 6.46. The summed E-state index contributed by atoms with van der Waals surface area (Å²) in [6.45, 7) is 0.858. The number of hydrogen-bond acceptors (Lipinski definition) is 4. The van der Waals surface area contributed by atoms with Crippen LogP contribution >= 0.6 is 69.6 Å². The number of rotatable bonds is 11. The summed E-state index contributed by atoms with van der Waals surface area (Å²) in [7, 11) is 0. The minimum absolute atomic E-state index is 0.218. The van der Waals surface area contributed by atoms with E-state index in [1.54, 1.807) is 82.6 Å². The van der Waals surface area contributed by atoms with Crippen molar-refractivity contribution in [3.05, 3.63) is 149 Å². The molecule has 0 radical (unpaired) electrons. The molecule has 2 aliphatic heterocycles. The molecule has 0 unspecified atom stereocenters. The lowest BCUT2D eigenvalue weighted by molar-refractivity contribution is -0.123. The van der Waals surface area contributed by atoms with Crippen molar-refractivity contribution in [2.75, 3.05) is 13.1 Å². The number of halogens is 6. The van der Waals surface area contributed by atoms with E-state index in [0.717, 1.165) is 24.0 Å². The number of hydrogen-bond donors (Lipinski definition) is 0. The van der Waals surface area contributed by atoms with Crippen LogP contribution < -0.4 is 0 Å². The zero-order valence-corrected chi connectivity index (χ0v) is 30.9. The molecule has 0 spiro atoms. The van der Waals surface area contributed by atoms with Crippen molar-refractivity contribution in [2.45, 2.75) is 25.7 Å². The number of nitrogens with zero attached hydrogens (tertiary/aromatic N) is 4. The Morgan fingerprint density at radius 1 is 0.480 bits per heavy atom. The quantitative estimate of drug-likeness (QED) is 0.112. The molecule has 254 valence electrons. The van der Waals surface area contributed by atoms with Gasteiger partial charge in [-0.1, -0.05) is 107 Å². The molecule has 0 aliphatic carbocycles. The smallest absolute Gasteiger partial charge is 0.278 e. The van der Waals surface area contributed by atoms with Crippen molar-refractivity contribution in [1.29, 1.82) is 0 Å². The third-order valence-corrected chi connectivity index (χ3v) is 9.70. The topological polar surface area (TPSA) is 65.3 Å². The Morgan fingerprint density at radius 2 is 0.840 bits per heavy atom. The van der Waals surface area contributed by atoms with Crippen LogP contribution in [0.4, 0.5) is 0 Å². The van der Waals surface area contributed by atoms with Gasteiger partial charge in [-0.3, -0.25) is 19.4 Å². The van der Waals surface area contributed by atoms with E-state index in [1.165, 1.54) is 0 Å². The van der Waals surface area contributed by atoms with E-state index >= 15 is 0 Å². The highest BCUT2D eigenvalue weighted by molar-refractivity contribution is 6.39. The Bertz CT molecular complexity index is 1930. The number of carbonyl (C=O) groups excluding carboxylic acids is 2. The van der Waals surface area contributed by atoms with Gasteiger partial charge in [-0.05, 0) is 96.8 Å². The first kappa shape index (κ1) is 36.2. The monoisotopic (exact) mass is 782 g/mol. The van der Waals surface area contributed by atoms with Crippen molar-refractivity contribution in [1.82, 2.24) is 9.80 Å². The van der Waals surface area contributed by atoms with Crippen molar-refractivity contribution in [2.24, 2.45) is 9.98 Å². The Kier molecular flexibility index (Phi) is 11.7. The highest BCUT2D eigenvalue weighted by atomic mass is 35.5. The second-order valence-corrected chi connectivity index (χ2v) is 14.2. The molecule has 0 fully saturated rings. The maximum absolute atomic E-state index is 13.6. The normalized spacial score (nSPS) is 16.2. The summed E-state index contributed by atoms with van der Waals surface area (Å²) in [6, 6.07) is 24.6. The van der Waals surface area contributed by atoms with Crippen LogP contribution in [0.3, 0.4) is 0 Å². The Balaban J connectivity index is 1.13. The molecule has 2 aliphatic rings. The second-order valence-electron chi connectivity index (χ2n) is 11.6. The van der Waals surface area contributed by atoms with Gasteiger partial charge in [-0.15, -0.1) is 0 Å². The molecule has 6 nitrogen and oxygen atoms in total. The van der Waals surface area contributed by atoms with Crippen LogP contribution in [-0.4, -0.2) is 46.4 Å². The number of carbonyl (C=O) groups is 2. The minimum atomic E-state index is -0.218. The first-order valence-corrected chi connectivity index (χ1v) is 18.0. The van der Waals surface area contributed by atoms with E-state index in [2.05, 4.69) is 0 Å². The zero-order chi connectivity index (χ0) is 35.4. The highest BCUT2D eigenvalue weighted by Crippen LogP contribution is 2.31. The molecule has 0 N–H and O–H groups in total. The molecular formula is C38H28Cl6N4O2. The lowest BCUT2D eigenvalue weighted by Crippen LogP contribution is -2.34. The average Bonchev–Trinajstić information content (AvgIpc) is 3.55. The summed E-state index contributed by atoms with van der Waals surface area (Å²) in [5, 5.41) is 2.99. The minimum Gasteiger partial charge on any atom is -0.291 e. The average molecular weight is 785 g/mol. The lowest BCUT2D eigenvalue weighted by atomic mass is 10.1. The Morgan fingerprint density at radius 3 is 1.20 bits per heavy atom. The number of amidine groups is 2. The molecule has 12 heteroatoms. The summed E-state index contributed by atoms with van der Waals surface area (Å²) in [5.74, 6) is 0.508. The molecule has 4 aromatic rings. The molecule has 2 amide bonds. The zero-order valence-electron chi connectivity index (χ0n) is 26.4. The fourth-order valence-electron chi connectivity index (χ4n) is 5.60. The van der Waals surface area contributed by atoms with Crippen molar-refractivity contribution in [3.63, 3.8) is 0 Å². The summed E-state index contributed by atoms with van der Waals surface area (Å²) < 4.78 is 0. The van der Waals surface area contributed by atoms with Gasteiger partial charge in [0.05, 0.1) is 10.0 Å². The van der Waals surface area contributed by atoms with Gasteiger partial charge in [0.2, 0.25) is 0 Å². The van der Waals surface area contributed by atoms with E-state index in [9.17, 15) is 9.59 Å². The third-order valence-electron chi connectivity index (χ3n) is 8.10. The van der Waals surface area contributed by atoms with Crippen LogP contribution in [0.15, 0.2) is 106 Å². The van der Waals surface area contributed by atoms with Crippen LogP contribution in [0.5, 0.6) is 0 Å². The summed E-state index contributed by atoms with van der Waals surface area (Å²) in [5.41, 5.74) is 3.44. The van der Waals surface area contributed by atoms with E-state index in [4.69, 9.17) is 79.6 Å². The van der Waals surface area contributed by atoms with E-state index in [1.807, 2.05) is 24.3 Å². The van der Waals surface area contributed by atoms with Gasteiger partial charge in [-0.2, -0.15) is 0 Å². The predicted octanol–water partition coefficient (Wildman–Crippen LogP) is 11.1. The van der Waals surface area contributed by atoms with E-state index < -0.39 is 0 Å². The number of unbranched alkanes of at least 4 members (excludes halogenated alkanes) is 3. The van der Waals surface area contributed by atoms with Gasteiger partial charge in [0.1, 0.15) is 23.1 Å². The first-order chi connectivity index (χ1) is 24.1. The molecule has 0 bridgehead atoms. The summed E-state index contributed by atoms with van der Waals surface area (Å²) >= 11 is 37.5. The molecule has 0 saturated carbocycles. The second kappa shape index (κ2) is 16.2. The van der Waals surface area contributed by atoms with Gasteiger partial charge in [0.15, 0.2) is 0 Å². The van der Waals surface area contributed by atoms with Crippen LogP contribution in [0.1, 0.15) is 47.9 Å². The van der Waals surface area contributed by atoms with Gasteiger partial charge >= 0.3 is 0 Å². The molecule has 50 heavy (non-hydrogen) atoms. The van der Waals surface area contributed by atoms with Gasteiger partial charge < -0.3 is 0 Å². The maximum atomic E-state index is 13.6. The third kappa shape index (κ3) is 8.46. The van der Waals surface area contributed by atoms with Gasteiger partial charge in [0, 0.05) is 44.3 Å². The fraction of sp³-hybridized carbons (Fsp3) is 0.158. The van der Waals surface area contributed by atoms with Crippen LogP contribution in [0, 0.1) is 0 Å². The first-order valence-electron chi connectivity index (χ1n) is 15.7. The molecular weight excluding hydrogens is 757 g/mol. The Hall–Kier alpha value is -3.62. The van der Waals surface area contributed by atoms with Crippen molar-refractivity contribution < 1.29 is 9.59 Å². The van der Waals surface area contributed by atoms with E-state index in [-0.39, 0.29) is 11.8 Å². The highest BCUT2D eigenvalue weighted by Gasteiger charge is 2.33. The lowest BCUT2D eigenvalue weighted by Gasteiger charge is -2.20. The summed E-state index contributed by atoms with van der Waals surface area (Å²) in [4.78, 5) is 40.0. The van der Waals surface area contributed by atoms with Crippen LogP contribution in [-0.2, 0) is 9.59 Å². The van der Waals surface area contributed by atoms with Gasteiger partial charge in [-0.25, -0.2) is 9.98 Å². The SMILES string of the molecule is O=C1C(=Cc2ccc(Cl)cc2)N=C(c2ccc(Cl)cc2Cl)N1CCCCCCN1C(=O)C(=Cc2ccc(Cl)cc2)N=C1c1ccc(Cl)cc1Cl. The van der Waals surface area contributed by atoms with Crippen molar-refractivity contribution >= 4 is 105 Å². The van der Waals surface area contributed by atoms with Crippen molar-refractivity contribution in [3.8, 4) is 0 Å². The molecule has 6 rings (SSSR count). The number of amides is 2. The molecule has 2 heterocycles. The standard InChI is InChI=1S/C38H28Cl6N4O2/c39-25-9-5-23(6-10-25)19-33-37(49)47(35(45-33)29-15-13-27(41)21-31(29)43)17-3-1-2-4-18-48-36(30-16-14-28(42)22-32(30)44)46-34(38(48)50)20-24-7-11-26(40)12-8-24/h5-16,19-22H,1-4,17-18H2. The number of aliphatic imine (C=N–C) groups is 2. The van der Waals surface area contributed by atoms with Gasteiger partial charge in [0.25, 0.3) is 11.8 Å². The Labute approximate surface area is 320 Å². The predicted molar refractivity (Wildman–Crippen MR) is 207 cm³/mol. The van der Waals surface area contributed by atoms with Crippen LogP contribution in [0.25, 0.3) is 12.2 Å². The van der Waals surface area contributed by atoms with E-state index in [0.29, 0.717) is 90.3 Å². The largest absolute Gasteiger partial charge is 0.291 e. The molecule has 0 aromatic heterocycles. The van der Waals surface area contributed by atoms with Crippen LogP contribution in [0.2, 0.25) is 30.1 Å². The fourth-order valence-corrected chi connectivity index (χ4v) is 6.83. The molecule has 0 saturated heterocycles. The molecule has 4 aromatic carbocycles. The maximum Gasteiger partial charge on any atom is 0.278 e.